The first-order valence-electron chi connectivity index (χ1n) is 5.02. The maximum atomic E-state index is 11.7. The van der Waals surface area contributed by atoms with Crippen LogP contribution in [0.1, 0.15) is 10.4 Å². The molecule has 0 aliphatic rings. The van der Waals surface area contributed by atoms with E-state index in [-0.39, 0.29) is 5.78 Å². The van der Waals surface area contributed by atoms with Gasteiger partial charge in [-0.2, -0.15) is 0 Å². The molecule has 0 atom stereocenters. The second kappa shape index (κ2) is 5.28. The van der Waals surface area contributed by atoms with E-state index in [1.165, 1.54) is 0 Å². The number of hydrogen-bond donors (Lipinski definition) is 0. The molecule has 0 unspecified atom stereocenters. The normalized spacial score (nSPS) is 10.3. The van der Waals surface area contributed by atoms with Gasteiger partial charge in [-0.25, -0.2) is 0 Å². The van der Waals surface area contributed by atoms with Crippen LogP contribution in [0, 0.1) is 0 Å². The minimum Gasteiger partial charge on any atom is -0.299 e. The lowest BCUT2D eigenvalue weighted by molar-refractivity contribution is -0.117. The number of halogens is 1. The van der Waals surface area contributed by atoms with Crippen LogP contribution >= 0.6 is 22.9 Å². The molecule has 0 bridgehead atoms. The average Bonchev–Trinajstić information content (AvgIpc) is 2.74. The highest BCUT2D eigenvalue weighted by atomic mass is 35.5. The molecule has 2 rings (SSSR count). The molecule has 1 nitrogen and oxygen atoms in total. The first-order chi connectivity index (χ1) is 7.74. The second-order valence-corrected chi connectivity index (χ2v) is 5.07. The summed E-state index contributed by atoms with van der Waals surface area (Å²) >= 11 is 7.40. The minimum absolute atomic E-state index is 0.241. The molecule has 0 saturated carbocycles. The van der Waals surface area contributed by atoms with Crippen molar-refractivity contribution in [3.63, 3.8) is 0 Å². The number of hydrogen-bond acceptors (Lipinski definition) is 2. The van der Waals surface area contributed by atoms with Gasteiger partial charge in [-0.15, -0.1) is 11.3 Å². The van der Waals surface area contributed by atoms with Gasteiger partial charge < -0.3 is 0 Å². The fourth-order valence-corrected chi connectivity index (χ4v) is 2.36. The van der Waals surface area contributed by atoms with E-state index in [1.807, 2.05) is 41.8 Å². The molecule has 2 aromatic rings. The summed E-state index contributed by atoms with van der Waals surface area (Å²) in [5.41, 5.74) is 1.02. The molecule has 82 valence electrons. The zero-order valence-electron chi connectivity index (χ0n) is 8.65. The molecule has 1 aromatic carbocycles. The van der Waals surface area contributed by atoms with Crippen molar-refractivity contribution in [1.82, 2.24) is 0 Å². The standard InChI is InChI=1S/C13H11ClOS/c14-11-5-3-10(4-6-11)8-12(15)9-13-2-1-7-16-13/h1-7H,8-9H2. The van der Waals surface area contributed by atoms with Gasteiger partial charge in [-0.1, -0.05) is 29.8 Å². The number of thiophene rings is 1. The van der Waals surface area contributed by atoms with Crippen molar-refractivity contribution in [2.24, 2.45) is 0 Å². The van der Waals surface area contributed by atoms with Gasteiger partial charge in [-0.05, 0) is 29.1 Å². The smallest absolute Gasteiger partial charge is 0.142 e. The maximum absolute atomic E-state index is 11.7. The summed E-state index contributed by atoms with van der Waals surface area (Å²) in [6.45, 7) is 0. The summed E-state index contributed by atoms with van der Waals surface area (Å²) in [6, 6.07) is 11.4. The van der Waals surface area contributed by atoms with Crippen molar-refractivity contribution < 1.29 is 4.79 Å². The molecule has 0 aliphatic heterocycles. The van der Waals surface area contributed by atoms with Crippen LogP contribution in [0.25, 0.3) is 0 Å². The van der Waals surface area contributed by atoms with E-state index in [0.29, 0.717) is 17.9 Å². The SMILES string of the molecule is O=C(Cc1ccc(Cl)cc1)Cc1cccs1. The Morgan fingerprint density at radius 2 is 1.88 bits per heavy atom. The Hall–Kier alpha value is -1.12. The fraction of sp³-hybridized carbons (Fsp3) is 0.154. The Bertz CT molecular complexity index is 459. The number of ketones is 1. The lowest BCUT2D eigenvalue weighted by Crippen LogP contribution is -2.05. The highest BCUT2D eigenvalue weighted by Gasteiger charge is 2.05. The highest BCUT2D eigenvalue weighted by Crippen LogP contribution is 2.13. The predicted molar refractivity (Wildman–Crippen MR) is 68.2 cm³/mol. The maximum Gasteiger partial charge on any atom is 0.142 e. The molecule has 1 aromatic heterocycles. The number of carbonyl (C=O) groups excluding carboxylic acids is 1. The van der Waals surface area contributed by atoms with Crippen LogP contribution in [-0.2, 0) is 17.6 Å². The molecule has 0 radical (unpaired) electrons. The Balaban J connectivity index is 1.95. The topological polar surface area (TPSA) is 17.1 Å². The van der Waals surface area contributed by atoms with Gasteiger partial charge in [-0.3, -0.25) is 4.79 Å². The molecule has 0 spiro atoms. The molecular formula is C13H11ClOS. The molecule has 0 N–H and O–H groups in total. The average molecular weight is 251 g/mol. The van der Waals surface area contributed by atoms with Gasteiger partial charge >= 0.3 is 0 Å². The third-order valence-electron chi connectivity index (χ3n) is 2.27. The van der Waals surface area contributed by atoms with Crippen molar-refractivity contribution in [2.75, 3.05) is 0 Å². The lowest BCUT2D eigenvalue weighted by Gasteiger charge is -2.00. The van der Waals surface area contributed by atoms with Crippen LogP contribution < -0.4 is 0 Å². The van der Waals surface area contributed by atoms with Gasteiger partial charge in [0.05, 0.1) is 0 Å². The third-order valence-corrected chi connectivity index (χ3v) is 3.39. The summed E-state index contributed by atoms with van der Waals surface area (Å²) in [5, 5.41) is 2.69. The fourth-order valence-electron chi connectivity index (χ4n) is 1.50. The van der Waals surface area contributed by atoms with Gasteiger partial charge in [0.15, 0.2) is 0 Å². The minimum atomic E-state index is 0.241. The van der Waals surface area contributed by atoms with Crippen LogP contribution in [0.2, 0.25) is 5.02 Å². The van der Waals surface area contributed by atoms with Crippen molar-refractivity contribution in [3.05, 3.63) is 57.2 Å². The van der Waals surface area contributed by atoms with E-state index in [9.17, 15) is 4.79 Å². The van der Waals surface area contributed by atoms with E-state index in [1.54, 1.807) is 11.3 Å². The Morgan fingerprint density at radius 1 is 1.12 bits per heavy atom. The van der Waals surface area contributed by atoms with E-state index >= 15 is 0 Å². The number of carbonyl (C=O) groups is 1. The van der Waals surface area contributed by atoms with E-state index in [0.717, 1.165) is 10.4 Å². The second-order valence-electron chi connectivity index (χ2n) is 3.60. The zero-order valence-corrected chi connectivity index (χ0v) is 10.2. The number of benzene rings is 1. The molecular weight excluding hydrogens is 240 g/mol. The van der Waals surface area contributed by atoms with Crippen molar-refractivity contribution in [2.45, 2.75) is 12.8 Å². The quantitative estimate of drug-likeness (QED) is 0.808. The molecule has 16 heavy (non-hydrogen) atoms. The first-order valence-corrected chi connectivity index (χ1v) is 6.28. The largest absolute Gasteiger partial charge is 0.299 e. The molecule has 0 fully saturated rings. The molecule has 0 saturated heterocycles. The van der Waals surface area contributed by atoms with Crippen molar-refractivity contribution in [1.29, 1.82) is 0 Å². The Morgan fingerprint density at radius 3 is 2.50 bits per heavy atom. The lowest BCUT2D eigenvalue weighted by atomic mass is 10.1. The summed E-state index contributed by atoms with van der Waals surface area (Å²) in [5.74, 6) is 0.241. The Labute approximate surface area is 104 Å². The summed E-state index contributed by atoms with van der Waals surface area (Å²) in [6.07, 6.45) is 1.01. The van der Waals surface area contributed by atoms with Crippen LogP contribution in [0.3, 0.4) is 0 Å². The zero-order chi connectivity index (χ0) is 11.4. The van der Waals surface area contributed by atoms with E-state index in [2.05, 4.69) is 0 Å². The molecule has 0 amide bonds. The predicted octanol–water partition coefficient (Wildman–Crippen LogP) is 3.76. The van der Waals surface area contributed by atoms with Crippen molar-refractivity contribution >= 4 is 28.7 Å². The van der Waals surface area contributed by atoms with Crippen LogP contribution in [0.5, 0.6) is 0 Å². The first kappa shape index (κ1) is 11.4. The summed E-state index contributed by atoms with van der Waals surface area (Å²) < 4.78 is 0. The monoisotopic (exact) mass is 250 g/mol. The van der Waals surface area contributed by atoms with Crippen LogP contribution in [-0.4, -0.2) is 5.78 Å². The van der Waals surface area contributed by atoms with E-state index < -0.39 is 0 Å². The van der Waals surface area contributed by atoms with Gasteiger partial charge in [0.25, 0.3) is 0 Å². The van der Waals surface area contributed by atoms with E-state index in [4.69, 9.17) is 11.6 Å². The van der Waals surface area contributed by atoms with Gasteiger partial charge in [0.1, 0.15) is 5.78 Å². The Kier molecular flexibility index (Phi) is 3.75. The summed E-state index contributed by atoms with van der Waals surface area (Å²) in [4.78, 5) is 12.9. The van der Waals surface area contributed by atoms with Gasteiger partial charge in [0, 0.05) is 22.7 Å². The highest BCUT2D eigenvalue weighted by molar-refractivity contribution is 7.10. The number of rotatable bonds is 4. The number of Topliss-reactive ketones (excluding diaryl/α,β-unsaturated/α-hetero) is 1. The van der Waals surface area contributed by atoms with Crippen LogP contribution in [0.4, 0.5) is 0 Å². The van der Waals surface area contributed by atoms with Gasteiger partial charge in [0.2, 0.25) is 0 Å². The van der Waals surface area contributed by atoms with Crippen LogP contribution in [0.15, 0.2) is 41.8 Å². The molecule has 3 heteroatoms. The molecule has 0 aliphatic carbocycles. The summed E-state index contributed by atoms with van der Waals surface area (Å²) in [7, 11) is 0. The molecule has 1 heterocycles. The van der Waals surface area contributed by atoms with Crippen molar-refractivity contribution in [3.8, 4) is 0 Å². The third kappa shape index (κ3) is 3.19.